The van der Waals surface area contributed by atoms with Gasteiger partial charge in [-0.15, -0.1) is 31.8 Å². The number of carboxylic acids is 2. The number of aryl methyl sites for hydroxylation is 2. The van der Waals surface area contributed by atoms with Gasteiger partial charge in [-0.05, 0) is 101 Å². The Balaban J connectivity index is 0.00000409. The summed E-state index contributed by atoms with van der Waals surface area (Å²) in [4.78, 5) is 66.6. The molecule has 1 saturated heterocycles. The number of rotatable bonds is 20. The molecule has 0 saturated carbocycles. The smallest absolute Gasteiger partial charge is 0.744 e. The number of hydrogen-bond acceptors (Lipinski definition) is 28. The van der Waals surface area contributed by atoms with E-state index >= 15 is 0 Å². The fourth-order valence-corrected chi connectivity index (χ4v) is 12.6. The number of anilines is 1. The standard InChI is InChI=1S/C57H48N14O22S5.2Cu.5Na/c1-30-49(66-64-43-19-17-39(94(78,79)80)29-41(43)54(76)77)51(72)70(67-30)37-16-20-45(95(81,82)83)35(26-37)11-10-34-12-14-36(27-46(34)96(84,85)86)58-55-60-56(62-57(61-55)69-21-23-93-24-22-69)59-44-18-8-32(25-48(44)98(90,91)92)7-9-33-13-15-38(28-47(33)97(87,88)89)71-52(73)50(31(2)68-71)65-63-42-6-4-3-5-40(42)53(74)75;;;;;;;/h3-20,25-29H,21-24H2,1-2H3,(H11,58,59,60,61,62,63,64,67,68,72,73,74,75,76,77,78,79,80,81,82,83,84,85,86,87,88,89,90,91,92);;;;;;;/q;2*+2;5*+1/p-7/b9-7+,11-10+;;;;;;;. The van der Waals surface area contributed by atoms with E-state index in [1.165, 1.54) is 68.5 Å². The molecule has 10 rings (SSSR count). The van der Waals surface area contributed by atoms with E-state index in [4.69, 9.17) is 4.74 Å². The van der Waals surface area contributed by atoms with Crippen LogP contribution >= 0.6 is 0 Å². The molecule has 48 heteroatoms. The van der Waals surface area contributed by atoms with E-state index in [9.17, 15) is 94.2 Å². The van der Waals surface area contributed by atoms with E-state index in [0.29, 0.717) is 10.7 Å². The van der Waals surface area contributed by atoms with Crippen LogP contribution in [-0.2, 0) is 89.5 Å². The number of azo groups is 2. The van der Waals surface area contributed by atoms with Crippen molar-refractivity contribution in [3.05, 3.63) is 192 Å². The molecular weight excluding hydrogens is 1640 g/mol. The second-order valence-corrected chi connectivity index (χ2v) is 27.4. The predicted octanol–water partition coefficient (Wildman–Crippen LogP) is -13.0. The molecule has 1 aliphatic rings. The number of aromatic amines is 2. The molecule has 6 aromatic carbocycles. The van der Waals surface area contributed by atoms with Gasteiger partial charge in [-0.3, -0.25) is 28.7 Å². The Morgan fingerprint density at radius 3 is 1.61 bits per heavy atom. The summed E-state index contributed by atoms with van der Waals surface area (Å²) in [6.07, 6.45) is 4.22. The number of morpholine rings is 1. The van der Waals surface area contributed by atoms with Crippen LogP contribution in [0.5, 0.6) is 0 Å². The van der Waals surface area contributed by atoms with Crippen molar-refractivity contribution in [2.75, 3.05) is 31.2 Å². The molecule has 0 amide bonds. The van der Waals surface area contributed by atoms with E-state index in [1.807, 2.05) is 0 Å². The van der Waals surface area contributed by atoms with Crippen LogP contribution in [-0.4, -0.2) is 127 Å². The maximum absolute atomic E-state index is 13.6. The van der Waals surface area contributed by atoms with Gasteiger partial charge in [0.05, 0.1) is 62.6 Å². The summed E-state index contributed by atoms with van der Waals surface area (Å²) >= 11 is 0. The molecule has 0 spiro atoms. The van der Waals surface area contributed by atoms with Gasteiger partial charge in [0.2, 0.25) is 17.2 Å². The molecule has 3 aromatic heterocycles. The molecule has 1 aliphatic heterocycles. The molecular formula is C57H41Cu2N14Na5O22S5+2. The third kappa shape index (κ3) is 23.0. The summed E-state index contributed by atoms with van der Waals surface area (Å²) in [5.74, 6) is -3.48. The topological polar surface area (TPSA) is 564 Å². The summed E-state index contributed by atoms with van der Waals surface area (Å²) in [5, 5.41) is 46.7. The molecule has 526 valence electrons. The molecule has 105 heavy (non-hydrogen) atoms. The molecule has 1 fully saturated rings. The number of aromatic carboxylic acids is 2. The van der Waals surface area contributed by atoms with Crippen LogP contribution in [0.15, 0.2) is 180 Å². The number of benzene rings is 6. The van der Waals surface area contributed by atoms with Crippen LogP contribution in [0.2, 0.25) is 0 Å². The van der Waals surface area contributed by atoms with Crippen molar-refractivity contribution >= 4 is 127 Å². The van der Waals surface area contributed by atoms with E-state index in [2.05, 4.69) is 55.6 Å². The second-order valence-electron chi connectivity index (χ2n) is 20.5. The average molecular weight is 1680 g/mol. The Labute approximate surface area is 726 Å². The number of aromatic nitrogens is 7. The first-order valence-corrected chi connectivity index (χ1v) is 34.5. The number of hydrogen-bond donors (Lipinski definition) is 4. The summed E-state index contributed by atoms with van der Waals surface area (Å²) in [7, 11) is -26.2. The summed E-state index contributed by atoms with van der Waals surface area (Å²) in [6.45, 7) is 3.52. The predicted molar refractivity (Wildman–Crippen MR) is 331 cm³/mol. The number of nitrogens with one attached hydrogen (secondary N) is 2. The van der Waals surface area contributed by atoms with Gasteiger partial charge in [-0.1, -0.05) is 74.5 Å². The quantitative estimate of drug-likeness (QED) is 0.0238. The first-order chi connectivity index (χ1) is 46.0. The van der Waals surface area contributed by atoms with Crippen molar-refractivity contribution in [1.29, 1.82) is 0 Å². The van der Waals surface area contributed by atoms with Crippen molar-refractivity contribution in [3.63, 3.8) is 0 Å². The van der Waals surface area contributed by atoms with Crippen LogP contribution in [0.4, 0.5) is 40.1 Å². The first-order valence-electron chi connectivity index (χ1n) is 27.4. The van der Waals surface area contributed by atoms with Gasteiger partial charge in [-0.2, -0.15) is 21.8 Å². The van der Waals surface area contributed by atoms with Crippen molar-refractivity contribution < 1.29 is 271 Å². The molecule has 0 atom stereocenters. The minimum absolute atomic E-state index is 0. The van der Waals surface area contributed by atoms with Gasteiger partial charge in [0.1, 0.15) is 51.5 Å². The molecule has 4 N–H and O–H groups in total. The summed E-state index contributed by atoms with van der Waals surface area (Å²) in [6, 6.07) is 20.0. The fraction of sp³-hybridized carbons (Fsp3) is 0.105. The zero-order valence-electron chi connectivity index (χ0n) is 55.2. The van der Waals surface area contributed by atoms with Gasteiger partial charge < -0.3 is 62.7 Å². The van der Waals surface area contributed by atoms with Crippen LogP contribution in [0.3, 0.4) is 0 Å². The third-order valence-electron chi connectivity index (χ3n) is 14.0. The van der Waals surface area contributed by atoms with E-state index in [0.717, 1.165) is 83.6 Å². The molecule has 2 radical (unpaired) electrons. The monoisotopic (exact) mass is 1670 g/mol. The zero-order chi connectivity index (χ0) is 71.0. The van der Waals surface area contributed by atoms with E-state index in [1.54, 1.807) is 4.90 Å². The molecule has 0 aliphatic carbocycles. The normalized spacial score (nSPS) is 13.1. The Hall–Kier alpha value is -5.08. The van der Waals surface area contributed by atoms with Crippen molar-refractivity contribution in [2.45, 2.75) is 38.3 Å². The number of carbonyl (C=O) groups excluding carboxylic acids is 2. The Morgan fingerprint density at radius 2 is 1.05 bits per heavy atom. The largest absolute Gasteiger partial charge is 2.00 e. The van der Waals surface area contributed by atoms with Gasteiger partial charge in [-0.25, -0.2) is 35.2 Å². The van der Waals surface area contributed by atoms with E-state index < -0.39 is 132 Å². The number of nitrogens with zero attached hydrogens (tertiary/aromatic N) is 12. The van der Waals surface area contributed by atoms with Crippen molar-refractivity contribution in [3.8, 4) is 11.4 Å². The SMILES string of the molecule is Cc1[n-]n(-c2ccc(/C=C/c3ccc(N=c4[nH]c(N5CCOCC5)nc(=Nc5ccc(/C=C/c6cc(-n7[n-]c(C)c(N=Nc8ccc(S(=O)(=O)[O-])cc8C(=O)[O-])c7=O)ccc6S(=O)(=O)[O-])c(S(=O)(=O)[O-])c5)[nH]4)c(S(=O)(=O)O)c3)c(S(=O)(=O)O)c2)c(=O)c1N=Nc1ccccc1C(=O)[O-].[Cu+2].[Cu+2].[Na+].[Na+].[Na+].[Na+].[Na+]. The Kier molecular flexibility index (Phi) is 34.5. The van der Waals surface area contributed by atoms with Crippen molar-refractivity contribution in [2.24, 2.45) is 30.4 Å². The first kappa shape index (κ1) is 94.1. The minimum Gasteiger partial charge on any atom is -0.744 e. The van der Waals surface area contributed by atoms with Crippen LogP contribution in [0.25, 0.3) is 35.7 Å². The van der Waals surface area contributed by atoms with Gasteiger partial charge >= 0.3 is 182 Å². The van der Waals surface area contributed by atoms with E-state index in [-0.39, 0.29) is 282 Å². The second kappa shape index (κ2) is 38.5. The maximum Gasteiger partial charge on any atom is 2.00 e. The number of carboxylic acid groups (broad SMARTS) is 2. The zero-order valence-corrected chi connectivity index (χ0v) is 71.1. The van der Waals surface area contributed by atoms with Gasteiger partial charge in [0.15, 0.2) is 0 Å². The molecule has 36 nitrogen and oxygen atoms in total. The third-order valence-corrected chi connectivity index (χ3v) is 18.4. The van der Waals surface area contributed by atoms with Crippen LogP contribution < -0.4 is 195 Å². The number of H-pyrrole nitrogens is 2. The van der Waals surface area contributed by atoms with Gasteiger partial charge in [0, 0.05) is 35.6 Å². The summed E-state index contributed by atoms with van der Waals surface area (Å²) < 4.78 is 190. The number of ether oxygens (including phenoxy) is 1. The number of carbonyl (C=O) groups is 2. The Morgan fingerprint density at radius 1 is 0.533 bits per heavy atom. The summed E-state index contributed by atoms with van der Waals surface area (Å²) in [5.41, 5.74) is -7.66. The maximum atomic E-state index is 13.6. The van der Waals surface area contributed by atoms with Crippen molar-refractivity contribution in [1.82, 2.24) is 34.5 Å². The molecule has 4 heterocycles. The minimum atomic E-state index is -5.47. The van der Waals surface area contributed by atoms with Crippen LogP contribution in [0, 0.1) is 13.8 Å². The molecule has 0 bridgehead atoms. The molecule has 0 unspecified atom stereocenters. The van der Waals surface area contributed by atoms with Gasteiger partial charge in [0.25, 0.3) is 31.4 Å². The van der Waals surface area contributed by atoms with Crippen LogP contribution in [0.1, 0.15) is 54.4 Å². The fourth-order valence-electron chi connectivity index (χ4n) is 9.40. The average Bonchev–Trinajstić information content (AvgIpc) is 1.76. The molecule has 9 aromatic rings. The Bertz CT molecular complexity index is 5870.